The summed E-state index contributed by atoms with van der Waals surface area (Å²) in [6.45, 7) is 5.64. The number of aryl methyl sites for hydroxylation is 1. The molecule has 1 aromatic rings. The van der Waals surface area contributed by atoms with Gasteiger partial charge in [-0.15, -0.1) is 0 Å². The monoisotopic (exact) mass is 262 g/mol. The van der Waals surface area contributed by atoms with Gasteiger partial charge in [0.15, 0.2) is 0 Å². The van der Waals surface area contributed by atoms with Gasteiger partial charge in [0.05, 0.1) is 0 Å². The first-order valence-corrected chi connectivity index (χ1v) is 6.87. The first-order valence-electron chi connectivity index (χ1n) is 6.87. The van der Waals surface area contributed by atoms with Crippen molar-refractivity contribution in [3.63, 3.8) is 0 Å². The van der Waals surface area contributed by atoms with E-state index in [4.69, 9.17) is 0 Å². The summed E-state index contributed by atoms with van der Waals surface area (Å²) >= 11 is 0. The lowest BCUT2D eigenvalue weighted by molar-refractivity contribution is 0.0943. The van der Waals surface area contributed by atoms with Gasteiger partial charge in [0.2, 0.25) is 0 Å². The minimum atomic E-state index is -0.117. The predicted octanol–water partition coefficient (Wildman–Crippen LogP) is 1.82. The molecule has 1 heterocycles. The molecule has 4 heteroatoms. The van der Waals surface area contributed by atoms with Gasteiger partial charge in [-0.25, -0.2) is 0 Å². The maximum Gasteiger partial charge on any atom is 0.251 e. The van der Waals surface area contributed by atoms with Crippen molar-refractivity contribution in [1.82, 2.24) is 10.6 Å². The fourth-order valence-corrected chi connectivity index (χ4v) is 2.32. The maximum absolute atomic E-state index is 12.0. The molecule has 2 atom stereocenters. The first kappa shape index (κ1) is 13.9. The molecule has 0 radical (unpaired) electrons. The van der Waals surface area contributed by atoms with E-state index in [-0.39, 0.29) is 11.7 Å². The zero-order chi connectivity index (χ0) is 13.8. The van der Waals surface area contributed by atoms with Crippen LogP contribution in [-0.2, 0) is 0 Å². The van der Waals surface area contributed by atoms with Gasteiger partial charge < -0.3 is 15.7 Å². The fourth-order valence-electron chi connectivity index (χ4n) is 2.32. The highest BCUT2D eigenvalue weighted by Gasteiger charge is 2.18. The fraction of sp³-hybridized carbons (Fsp3) is 0.533. The van der Waals surface area contributed by atoms with Crippen molar-refractivity contribution < 1.29 is 9.90 Å². The van der Waals surface area contributed by atoms with Crippen molar-refractivity contribution in [3.05, 3.63) is 29.3 Å². The van der Waals surface area contributed by atoms with Crippen LogP contribution in [0.3, 0.4) is 0 Å². The molecule has 1 aromatic carbocycles. The van der Waals surface area contributed by atoms with Crippen LogP contribution < -0.4 is 10.6 Å². The van der Waals surface area contributed by atoms with E-state index in [9.17, 15) is 9.90 Å². The molecule has 0 bridgehead atoms. The van der Waals surface area contributed by atoms with Gasteiger partial charge in [-0.05, 0) is 56.8 Å². The zero-order valence-electron chi connectivity index (χ0n) is 11.6. The largest absolute Gasteiger partial charge is 0.508 e. The highest BCUT2D eigenvalue weighted by atomic mass is 16.3. The second kappa shape index (κ2) is 6.06. The summed E-state index contributed by atoms with van der Waals surface area (Å²) in [7, 11) is 0. The molecule has 19 heavy (non-hydrogen) atoms. The number of hydrogen-bond acceptors (Lipinski definition) is 3. The summed E-state index contributed by atoms with van der Waals surface area (Å²) < 4.78 is 0. The Morgan fingerprint density at radius 1 is 1.47 bits per heavy atom. The lowest BCUT2D eigenvalue weighted by Crippen LogP contribution is -2.41. The van der Waals surface area contributed by atoms with Crippen LogP contribution in [-0.4, -0.2) is 30.1 Å². The van der Waals surface area contributed by atoms with Crippen LogP contribution in [0.2, 0.25) is 0 Å². The second-order valence-corrected chi connectivity index (χ2v) is 5.46. The Hall–Kier alpha value is -1.55. The molecule has 1 fully saturated rings. The molecule has 3 N–H and O–H groups in total. The molecule has 0 aromatic heterocycles. The molecule has 2 unspecified atom stereocenters. The Morgan fingerprint density at radius 3 is 2.89 bits per heavy atom. The Kier molecular flexibility index (Phi) is 4.43. The van der Waals surface area contributed by atoms with E-state index >= 15 is 0 Å². The van der Waals surface area contributed by atoms with Crippen molar-refractivity contribution in [1.29, 1.82) is 0 Å². The van der Waals surface area contributed by atoms with Gasteiger partial charge >= 0.3 is 0 Å². The van der Waals surface area contributed by atoms with Crippen LogP contribution >= 0.6 is 0 Å². The third kappa shape index (κ3) is 3.70. The molecule has 1 aliphatic rings. The van der Waals surface area contributed by atoms with Gasteiger partial charge in [-0.3, -0.25) is 4.79 Å². The number of amides is 1. The Bertz CT molecular complexity index is 451. The van der Waals surface area contributed by atoms with Crippen LogP contribution in [0, 0.1) is 12.8 Å². The number of hydrogen-bond donors (Lipinski definition) is 3. The van der Waals surface area contributed by atoms with Crippen LogP contribution in [0.4, 0.5) is 0 Å². The van der Waals surface area contributed by atoms with E-state index in [0.29, 0.717) is 24.1 Å². The zero-order valence-corrected chi connectivity index (χ0v) is 11.6. The normalized spacial score (nSPS) is 23.1. The van der Waals surface area contributed by atoms with E-state index in [1.54, 1.807) is 12.1 Å². The third-order valence-corrected chi connectivity index (χ3v) is 3.79. The predicted molar refractivity (Wildman–Crippen MR) is 75.4 cm³/mol. The Labute approximate surface area is 114 Å². The summed E-state index contributed by atoms with van der Waals surface area (Å²) in [5.74, 6) is 0.550. The summed E-state index contributed by atoms with van der Waals surface area (Å²) in [5, 5.41) is 16.0. The van der Waals surface area contributed by atoms with Crippen molar-refractivity contribution in [2.45, 2.75) is 32.7 Å². The van der Waals surface area contributed by atoms with Gasteiger partial charge in [-0.2, -0.15) is 0 Å². The smallest absolute Gasteiger partial charge is 0.251 e. The average molecular weight is 262 g/mol. The number of phenols is 1. The van der Waals surface area contributed by atoms with Crippen LogP contribution in [0.15, 0.2) is 18.2 Å². The highest BCUT2D eigenvalue weighted by molar-refractivity contribution is 5.94. The maximum atomic E-state index is 12.0. The van der Waals surface area contributed by atoms with Crippen molar-refractivity contribution in [2.75, 3.05) is 13.1 Å². The van der Waals surface area contributed by atoms with Crippen LogP contribution in [0.1, 0.15) is 35.7 Å². The number of aromatic hydroxyl groups is 1. The van der Waals surface area contributed by atoms with Crippen molar-refractivity contribution in [3.8, 4) is 5.75 Å². The van der Waals surface area contributed by atoms with Crippen molar-refractivity contribution in [2.24, 2.45) is 5.92 Å². The quantitative estimate of drug-likeness (QED) is 0.778. The van der Waals surface area contributed by atoms with E-state index in [2.05, 4.69) is 17.6 Å². The number of piperidine rings is 1. The highest BCUT2D eigenvalue weighted by Crippen LogP contribution is 2.18. The molecule has 0 saturated carbocycles. The van der Waals surface area contributed by atoms with Crippen LogP contribution in [0.25, 0.3) is 0 Å². The number of carbonyl (C=O) groups excluding carboxylic acids is 1. The average Bonchev–Trinajstić information content (AvgIpc) is 2.41. The number of nitrogens with one attached hydrogen (secondary N) is 2. The van der Waals surface area contributed by atoms with E-state index < -0.39 is 0 Å². The minimum Gasteiger partial charge on any atom is -0.508 e. The van der Waals surface area contributed by atoms with E-state index in [1.165, 1.54) is 6.07 Å². The minimum absolute atomic E-state index is 0.117. The number of carbonyl (C=O) groups is 1. The SMILES string of the molecule is Cc1ccc(C(=O)NCC2CCC(C)NC2)cc1O. The molecule has 1 amide bonds. The molecular formula is C15H22N2O2. The first-order chi connectivity index (χ1) is 9.06. The molecular weight excluding hydrogens is 240 g/mol. The molecule has 2 rings (SSSR count). The molecule has 1 saturated heterocycles. The summed E-state index contributed by atoms with van der Waals surface area (Å²) in [4.78, 5) is 12.0. The van der Waals surface area contributed by atoms with Crippen LogP contribution in [0.5, 0.6) is 5.75 Å². The number of rotatable bonds is 3. The molecule has 0 spiro atoms. The molecule has 0 aliphatic carbocycles. The summed E-state index contributed by atoms with van der Waals surface area (Å²) in [5.41, 5.74) is 1.29. The molecule has 104 valence electrons. The second-order valence-electron chi connectivity index (χ2n) is 5.46. The third-order valence-electron chi connectivity index (χ3n) is 3.79. The standard InChI is InChI=1S/C15H22N2O2/c1-10-3-6-13(7-14(10)18)15(19)17-9-12-5-4-11(2)16-8-12/h3,6-7,11-12,16,18H,4-5,8-9H2,1-2H3,(H,17,19). The van der Waals surface area contributed by atoms with Gasteiger partial charge in [0, 0.05) is 18.2 Å². The topological polar surface area (TPSA) is 61.4 Å². The van der Waals surface area contributed by atoms with E-state index in [0.717, 1.165) is 24.9 Å². The van der Waals surface area contributed by atoms with Gasteiger partial charge in [-0.1, -0.05) is 6.07 Å². The lowest BCUT2D eigenvalue weighted by Gasteiger charge is -2.27. The lowest BCUT2D eigenvalue weighted by atomic mass is 9.95. The number of phenolic OH excluding ortho intramolecular Hbond substituents is 1. The summed E-state index contributed by atoms with van der Waals surface area (Å²) in [6, 6.07) is 5.60. The van der Waals surface area contributed by atoms with Gasteiger partial charge in [0.25, 0.3) is 5.91 Å². The van der Waals surface area contributed by atoms with E-state index in [1.807, 2.05) is 6.92 Å². The van der Waals surface area contributed by atoms with Gasteiger partial charge in [0.1, 0.15) is 5.75 Å². The Balaban J connectivity index is 1.85. The van der Waals surface area contributed by atoms with Crippen molar-refractivity contribution >= 4 is 5.91 Å². The molecule has 4 nitrogen and oxygen atoms in total. The molecule has 1 aliphatic heterocycles. The summed E-state index contributed by atoms with van der Waals surface area (Å²) in [6.07, 6.45) is 2.31. The Morgan fingerprint density at radius 2 is 2.26 bits per heavy atom. The number of benzene rings is 1.